The lowest BCUT2D eigenvalue weighted by Crippen LogP contribution is -2.03. The van der Waals surface area contributed by atoms with Gasteiger partial charge in [-0.2, -0.15) is 0 Å². The minimum absolute atomic E-state index is 0.0360. The van der Waals surface area contributed by atoms with Gasteiger partial charge in [-0.05, 0) is 24.3 Å². The van der Waals surface area contributed by atoms with Crippen molar-refractivity contribution in [2.45, 2.75) is 0 Å². The number of aromatic amines is 1. The van der Waals surface area contributed by atoms with E-state index in [2.05, 4.69) is 22.1 Å². The zero-order valence-electron chi connectivity index (χ0n) is 13.8. The van der Waals surface area contributed by atoms with Crippen molar-refractivity contribution in [1.29, 1.82) is 0 Å². The van der Waals surface area contributed by atoms with Gasteiger partial charge in [-0.3, -0.25) is 4.79 Å². The molecule has 0 atom stereocenters. The zero-order valence-corrected chi connectivity index (χ0v) is 13.8. The van der Waals surface area contributed by atoms with Gasteiger partial charge in [0.05, 0.1) is 37.3 Å². The van der Waals surface area contributed by atoms with E-state index < -0.39 is 0 Å². The van der Waals surface area contributed by atoms with Gasteiger partial charge in [0.25, 0.3) is 5.91 Å². The standard InChI is InChI=1S/C19H18N2O4/c1-24-17-7-8-20-16(17)12-14-18-13(5-3-10-25-11-9-22)4-2-6-15(18)21-19(14)23/h2,4,6-8,12,20,22H,9-11H2,1H3,(H,21,23)/b14-12-. The molecular weight excluding hydrogens is 320 g/mol. The van der Waals surface area contributed by atoms with E-state index in [0.717, 1.165) is 22.5 Å². The second-order valence-corrected chi connectivity index (χ2v) is 5.28. The molecule has 1 amide bonds. The second-order valence-electron chi connectivity index (χ2n) is 5.28. The van der Waals surface area contributed by atoms with Gasteiger partial charge in [0.1, 0.15) is 12.4 Å². The molecule has 1 aliphatic heterocycles. The fourth-order valence-electron chi connectivity index (χ4n) is 2.61. The predicted octanol–water partition coefficient (Wildman–Crippen LogP) is 1.88. The van der Waals surface area contributed by atoms with Crippen LogP contribution in [-0.2, 0) is 9.53 Å². The molecule has 0 fully saturated rings. The predicted molar refractivity (Wildman–Crippen MR) is 95.1 cm³/mol. The van der Waals surface area contributed by atoms with Gasteiger partial charge >= 0.3 is 0 Å². The molecule has 1 aromatic heterocycles. The van der Waals surface area contributed by atoms with Gasteiger partial charge in [0.15, 0.2) is 0 Å². The number of ether oxygens (including phenoxy) is 2. The van der Waals surface area contributed by atoms with E-state index in [1.165, 1.54) is 0 Å². The number of amides is 1. The fourth-order valence-corrected chi connectivity index (χ4v) is 2.61. The van der Waals surface area contributed by atoms with E-state index >= 15 is 0 Å². The molecule has 2 aromatic rings. The summed E-state index contributed by atoms with van der Waals surface area (Å²) >= 11 is 0. The highest BCUT2D eigenvalue weighted by atomic mass is 16.5. The van der Waals surface area contributed by atoms with Crippen LogP contribution < -0.4 is 10.1 Å². The first kappa shape index (κ1) is 16.8. The molecule has 0 unspecified atom stereocenters. The highest BCUT2D eigenvalue weighted by Gasteiger charge is 2.26. The molecule has 2 heterocycles. The van der Waals surface area contributed by atoms with Crippen molar-refractivity contribution in [2.24, 2.45) is 0 Å². The Morgan fingerprint density at radius 1 is 1.32 bits per heavy atom. The molecule has 1 aromatic carbocycles. The zero-order chi connectivity index (χ0) is 17.6. The summed E-state index contributed by atoms with van der Waals surface area (Å²) in [5.74, 6) is 6.41. The van der Waals surface area contributed by atoms with Gasteiger partial charge in [-0.15, -0.1) is 0 Å². The number of carbonyl (C=O) groups is 1. The van der Waals surface area contributed by atoms with Crippen LogP contribution in [0.15, 0.2) is 30.5 Å². The summed E-state index contributed by atoms with van der Waals surface area (Å²) in [4.78, 5) is 15.4. The average Bonchev–Trinajstić information content (AvgIpc) is 3.19. The van der Waals surface area contributed by atoms with Crippen LogP contribution in [0.2, 0.25) is 0 Å². The highest BCUT2D eigenvalue weighted by molar-refractivity contribution is 6.35. The van der Waals surface area contributed by atoms with Crippen LogP contribution in [0.4, 0.5) is 5.69 Å². The number of methoxy groups -OCH3 is 1. The van der Waals surface area contributed by atoms with E-state index in [-0.39, 0.29) is 25.7 Å². The normalized spacial score (nSPS) is 14.0. The van der Waals surface area contributed by atoms with Crippen molar-refractivity contribution < 1.29 is 19.4 Å². The van der Waals surface area contributed by atoms with Crippen LogP contribution in [0.25, 0.3) is 11.6 Å². The van der Waals surface area contributed by atoms with Gasteiger partial charge in [-0.1, -0.05) is 17.9 Å². The third-order valence-corrected chi connectivity index (χ3v) is 3.71. The van der Waals surface area contributed by atoms with E-state index in [1.807, 2.05) is 18.2 Å². The molecule has 25 heavy (non-hydrogen) atoms. The van der Waals surface area contributed by atoms with Crippen molar-refractivity contribution in [2.75, 3.05) is 32.2 Å². The molecule has 0 bridgehead atoms. The third-order valence-electron chi connectivity index (χ3n) is 3.71. The smallest absolute Gasteiger partial charge is 0.256 e. The number of aliphatic hydroxyl groups is 1. The molecule has 6 heteroatoms. The number of hydrogen-bond donors (Lipinski definition) is 3. The summed E-state index contributed by atoms with van der Waals surface area (Å²) in [6.45, 7) is 0.431. The molecule has 1 aliphatic rings. The molecule has 0 saturated carbocycles. The number of aliphatic hydroxyl groups excluding tert-OH is 1. The lowest BCUT2D eigenvalue weighted by Gasteiger charge is -2.03. The molecule has 0 spiro atoms. The Balaban J connectivity index is 1.96. The summed E-state index contributed by atoms with van der Waals surface area (Å²) in [6, 6.07) is 7.34. The number of rotatable bonds is 5. The number of hydrogen-bond acceptors (Lipinski definition) is 4. The maximum absolute atomic E-state index is 12.4. The van der Waals surface area contributed by atoms with Crippen molar-refractivity contribution in [3.8, 4) is 17.6 Å². The topological polar surface area (TPSA) is 83.6 Å². The molecule has 0 aliphatic carbocycles. The van der Waals surface area contributed by atoms with E-state index in [9.17, 15) is 4.79 Å². The molecule has 3 N–H and O–H groups in total. The van der Waals surface area contributed by atoms with Crippen LogP contribution in [0.1, 0.15) is 16.8 Å². The number of H-pyrrole nitrogens is 1. The Kier molecular flexibility index (Phi) is 5.19. The van der Waals surface area contributed by atoms with Gasteiger partial charge in [0.2, 0.25) is 0 Å². The van der Waals surface area contributed by atoms with Crippen molar-refractivity contribution in [3.63, 3.8) is 0 Å². The summed E-state index contributed by atoms with van der Waals surface area (Å²) in [6.07, 6.45) is 3.51. The van der Waals surface area contributed by atoms with E-state index in [1.54, 1.807) is 25.4 Å². The summed E-state index contributed by atoms with van der Waals surface area (Å²) < 4.78 is 10.4. The molecule has 0 saturated heterocycles. The van der Waals surface area contributed by atoms with Crippen LogP contribution in [0, 0.1) is 11.8 Å². The van der Waals surface area contributed by atoms with Crippen molar-refractivity contribution >= 4 is 23.2 Å². The first-order valence-electron chi connectivity index (χ1n) is 7.80. The number of anilines is 1. The summed E-state index contributed by atoms with van der Waals surface area (Å²) in [7, 11) is 1.58. The SMILES string of the molecule is COc1cc[nH]c1/C=C1\C(=O)Nc2cccc(C#CCOCCO)c21. The van der Waals surface area contributed by atoms with Crippen molar-refractivity contribution in [3.05, 3.63) is 47.3 Å². The Morgan fingerprint density at radius 2 is 2.20 bits per heavy atom. The van der Waals surface area contributed by atoms with Crippen LogP contribution >= 0.6 is 0 Å². The van der Waals surface area contributed by atoms with Crippen LogP contribution in [0.5, 0.6) is 5.75 Å². The van der Waals surface area contributed by atoms with E-state index in [4.69, 9.17) is 14.6 Å². The number of fused-ring (bicyclic) bond motifs is 1. The minimum Gasteiger partial charge on any atom is -0.495 e. The Morgan fingerprint density at radius 3 is 3.00 bits per heavy atom. The van der Waals surface area contributed by atoms with Crippen molar-refractivity contribution in [1.82, 2.24) is 4.98 Å². The largest absolute Gasteiger partial charge is 0.495 e. The van der Waals surface area contributed by atoms with Gasteiger partial charge < -0.3 is 24.9 Å². The molecule has 128 valence electrons. The second kappa shape index (κ2) is 7.71. The minimum atomic E-state index is -0.183. The average molecular weight is 338 g/mol. The molecule has 3 rings (SSSR count). The quantitative estimate of drug-likeness (QED) is 0.442. The number of nitrogens with one attached hydrogen (secondary N) is 2. The first-order chi connectivity index (χ1) is 12.2. The number of aromatic nitrogens is 1. The van der Waals surface area contributed by atoms with Gasteiger partial charge in [0, 0.05) is 17.3 Å². The number of benzene rings is 1. The first-order valence-corrected chi connectivity index (χ1v) is 7.80. The molecule has 6 nitrogen and oxygen atoms in total. The van der Waals surface area contributed by atoms with E-state index in [0.29, 0.717) is 11.3 Å². The monoisotopic (exact) mass is 338 g/mol. The Labute approximate surface area is 145 Å². The lowest BCUT2D eigenvalue weighted by molar-refractivity contribution is -0.110. The van der Waals surface area contributed by atoms with Gasteiger partial charge in [-0.25, -0.2) is 0 Å². The summed E-state index contributed by atoms with van der Waals surface area (Å²) in [5, 5.41) is 11.6. The maximum Gasteiger partial charge on any atom is 0.256 e. The maximum atomic E-state index is 12.4. The molecule has 0 radical (unpaired) electrons. The highest BCUT2D eigenvalue weighted by Crippen LogP contribution is 2.36. The fraction of sp³-hybridized carbons (Fsp3) is 0.211. The Bertz CT molecular complexity index is 871. The Hall–Kier alpha value is -3.01. The summed E-state index contributed by atoms with van der Waals surface area (Å²) in [5.41, 5.74) is 3.47. The lowest BCUT2D eigenvalue weighted by atomic mass is 10.00. The third kappa shape index (κ3) is 3.58. The van der Waals surface area contributed by atoms with Crippen LogP contribution in [0.3, 0.4) is 0 Å². The molecular formula is C19H18N2O4. The number of carbonyl (C=O) groups excluding carboxylic acids is 1. The van der Waals surface area contributed by atoms with Crippen LogP contribution in [-0.4, -0.2) is 42.9 Å².